The first-order chi connectivity index (χ1) is 9.56. The maximum absolute atomic E-state index is 13.4. The Balaban J connectivity index is 1.84. The molecule has 1 aliphatic carbocycles. The molecule has 0 radical (unpaired) electrons. The van der Waals surface area contributed by atoms with Crippen molar-refractivity contribution in [2.24, 2.45) is 0 Å². The van der Waals surface area contributed by atoms with E-state index in [-0.39, 0.29) is 24.3 Å². The Bertz CT molecular complexity index is 478. The SMILES string of the molecule is Cc1ccc(F)c(OCC(=O)NC2CCCCC2O)c1. The van der Waals surface area contributed by atoms with E-state index < -0.39 is 11.9 Å². The summed E-state index contributed by atoms with van der Waals surface area (Å²) in [5, 5.41) is 12.5. The molecular formula is C15H20FNO3. The molecule has 20 heavy (non-hydrogen) atoms. The molecule has 1 amide bonds. The van der Waals surface area contributed by atoms with Crippen molar-refractivity contribution in [3.63, 3.8) is 0 Å². The van der Waals surface area contributed by atoms with Gasteiger partial charge in [-0.3, -0.25) is 4.79 Å². The molecular weight excluding hydrogens is 261 g/mol. The molecule has 0 spiro atoms. The average Bonchev–Trinajstić information content (AvgIpc) is 2.42. The van der Waals surface area contributed by atoms with Gasteiger partial charge in [-0.05, 0) is 37.5 Å². The molecule has 1 aromatic carbocycles. The number of aliphatic hydroxyl groups is 1. The minimum Gasteiger partial charge on any atom is -0.481 e. The predicted octanol–water partition coefficient (Wildman–Crippen LogP) is 1.93. The molecule has 0 heterocycles. The normalized spacial score (nSPS) is 22.4. The van der Waals surface area contributed by atoms with Crippen LogP contribution in [0.15, 0.2) is 18.2 Å². The number of aliphatic hydroxyl groups excluding tert-OH is 1. The van der Waals surface area contributed by atoms with Crippen LogP contribution in [0.5, 0.6) is 5.75 Å². The van der Waals surface area contributed by atoms with Crippen LogP contribution >= 0.6 is 0 Å². The number of nitrogens with one attached hydrogen (secondary N) is 1. The molecule has 110 valence electrons. The van der Waals surface area contributed by atoms with Crippen molar-refractivity contribution < 1.29 is 19.0 Å². The molecule has 5 heteroatoms. The van der Waals surface area contributed by atoms with E-state index in [2.05, 4.69) is 5.32 Å². The molecule has 0 aliphatic heterocycles. The number of ether oxygens (including phenoxy) is 1. The van der Waals surface area contributed by atoms with Crippen LogP contribution in [-0.2, 0) is 4.79 Å². The number of aryl methyl sites for hydroxylation is 1. The number of rotatable bonds is 4. The monoisotopic (exact) mass is 281 g/mol. The van der Waals surface area contributed by atoms with Crippen molar-refractivity contribution in [2.45, 2.75) is 44.8 Å². The van der Waals surface area contributed by atoms with Crippen LogP contribution in [0.2, 0.25) is 0 Å². The molecule has 1 aromatic rings. The van der Waals surface area contributed by atoms with Crippen LogP contribution in [0.4, 0.5) is 4.39 Å². The Morgan fingerprint density at radius 2 is 2.20 bits per heavy atom. The summed E-state index contributed by atoms with van der Waals surface area (Å²) in [4.78, 5) is 11.8. The van der Waals surface area contributed by atoms with Crippen molar-refractivity contribution in [1.29, 1.82) is 0 Å². The zero-order valence-corrected chi connectivity index (χ0v) is 11.6. The first-order valence-corrected chi connectivity index (χ1v) is 6.92. The third-order valence-corrected chi connectivity index (χ3v) is 3.52. The van der Waals surface area contributed by atoms with Crippen molar-refractivity contribution in [1.82, 2.24) is 5.32 Å². The second-order valence-electron chi connectivity index (χ2n) is 5.25. The fraction of sp³-hybridized carbons (Fsp3) is 0.533. The smallest absolute Gasteiger partial charge is 0.258 e. The Hall–Kier alpha value is -1.62. The third kappa shape index (κ3) is 3.93. The largest absolute Gasteiger partial charge is 0.481 e. The van der Waals surface area contributed by atoms with Crippen molar-refractivity contribution in [3.8, 4) is 5.75 Å². The van der Waals surface area contributed by atoms with E-state index in [1.165, 1.54) is 6.07 Å². The molecule has 2 rings (SSSR count). The Kier molecular flexibility index (Phi) is 4.95. The number of hydrogen-bond donors (Lipinski definition) is 2. The topological polar surface area (TPSA) is 58.6 Å². The van der Waals surface area contributed by atoms with E-state index in [1.54, 1.807) is 12.1 Å². The molecule has 0 saturated heterocycles. The maximum Gasteiger partial charge on any atom is 0.258 e. The standard InChI is InChI=1S/C15H20FNO3/c1-10-6-7-11(16)14(8-10)20-9-15(19)17-12-4-2-3-5-13(12)18/h6-8,12-13,18H,2-5,9H2,1H3,(H,17,19). The number of benzene rings is 1. The number of amides is 1. The summed E-state index contributed by atoms with van der Waals surface area (Å²) in [5.41, 5.74) is 0.865. The average molecular weight is 281 g/mol. The summed E-state index contributed by atoms with van der Waals surface area (Å²) in [6.45, 7) is 1.58. The lowest BCUT2D eigenvalue weighted by Gasteiger charge is -2.28. The van der Waals surface area contributed by atoms with E-state index >= 15 is 0 Å². The molecule has 0 bridgehead atoms. The van der Waals surface area contributed by atoms with Gasteiger partial charge in [-0.1, -0.05) is 18.9 Å². The second kappa shape index (κ2) is 6.70. The Labute approximate surface area is 117 Å². The van der Waals surface area contributed by atoms with Crippen LogP contribution in [0, 0.1) is 12.7 Å². The van der Waals surface area contributed by atoms with Crippen LogP contribution < -0.4 is 10.1 Å². The minimum atomic E-state index is -0.497. The highest BCUT2D eigenvalue weighted by atomic mass is 19.1. The Morgan fingerprint density at radius 3 is 2.95 bits per heavy atom. The van der Waals surface area contributed by atoms with Crippen molar-refractivity contribution in [2.75, 3.05) is 6.61 Å². The fourth-order valence-electron chi connectivity index (χ4n) is 2.39. The summed E-state index contributed by atoms with van der Waals surface area (Å²) in [6, 6.07) is 4.29. The molecule has 2 N–H and O–H groups in total. The van der Waals surface area contributed by atoms with Crippen LogP contribution in [0.1, 0.15) is 31.2 Å². The van der Waals surface area contributed by atoms with Gasteiger partial charge in [0.15, 0.2) is 18.2 Å². The summed E-state index contributed by atoms with van der Waals surface area (Å²) in [6.07, 6.45) is 2.96. The number of halogens is 1. The summed E-state index contributed by atoms with van der Waals surface area (Å²) >= 11 is 0. The highest BCUT2D eigenvalue weighted by molar-refractivity contribution is 5.77. The number of carbonyl (C=O) groups excluding carboxylic acids is 1. The summed E-state index contributed by atoms with van der Waals surface area (Å²) < 4.78 is 18.6. The first kappa shape index (κ1) is 14.8. The van der Waals surface area contributed by atoms with Crippen LogP contribution in [-0.4, -0.2) is 29.8 Å². The highest BCUT2D eigenvalue weighted by Crippen LogP contribution is 2.19. The van der Waals surface area contributed by atoms with Gasteiger partial charge in [0.1, 0.15) is 0 Å². The second-order valence-corrected chi connectivity index (χ2v) is 5.25. The van der Waals surface area contributed by atoms with E-state index in [9.17, 15) is 14.3 Å². The number of hydrogen-bond acceptors (Lipinski definition) is 3. The van der Waals surface area contributed by atoms with E-state index in [0.717, 1.165) is 24.8 Å². The van der Waals surface area contributed by atoms with Crippen LogP contribution in [0.3, 0.4) is 0 Å². The molecule has 1 saturated carbocycles. The molecule has 2 atom stereocenters. The van der Waals surface area contributed by atoms with Gasteiger partial charge in [0.25, 0.3) is 5.91 Å². The fourth-order valence-corrected chi connectivity index (χ4v) is 2.39. The van der Waals surface area contributed by atoms with Crippen LogP contribution in [0.25, 0.3) is 0 Å². The molecule has 1 fully saturated rings. The molecule has 2 unspecified atom stereocenters. The van der Waals surface area contributed by atoms with E-state index in [0.29, 0.717) is 6.42 Å². The van der Waals surface area contributed by atoms with Gasteiger partial charge in [-0.2, -0.15) is 0 Å². The minimum absolute atomic E-state index is 0.0735. The lowest BCUT2D eigenvalue weighted by atomic mass is 9.92. The Morgan fingerprint density at radius 1 is 1.45 bits per heavy atom. The summed E-state index contributed by atoms with van der Waals surface area (Å²) in [5.74, 6) is -0.748. The quantitative estimate of drug-likeness (QED) is 0.886. The number of carbonyl (C=O) groups is 1. The van der Waals surface area contributed by atoms with E-state index in [1.807, 2.05) is 6.92 Å². The summed E-state index contributed by atoms with van der Waals surface area (Å²) in [7, 11) is 0. The third-order valence-electron chi connectivity index (χ3n) is 3.52. The van der Waals surface area contributed by atoms with E-state index in [4.69, 9.17) is 4.74 Å². The molecule has 1 aliphatic rings. The first-order valence-electron chi connectivity index (χ1n) is 6.92. The highest BCUT2D eigenvalue weighted by Gasteiger charge is 2.24. The zero-order valence-electron chi connectivity index (χ0n) is 11.6. The van der Waals surface area contributed by atoms with Gasteiger partial charge in [0.2, 0.25) is 0 Å². The molecule has 0 aromatic heterocycles. The van der Waals surface area contributed by atoms with Crippen molar-refractivity contribution >= 4 is 5.91 Å². The predicted molar refractivity (Wildman–Crippen MR) is 73.0 cm³/mol. The van der Waals surface area contributed by atoms with Gasteiger partial charge in [-0.25, -0.2) is 4.39 Å². The van der Waals surface area contributed by atoms with Gasteiger partial charge in [-0.15, -0.1) is 0 Å². The lowest BCUT2D eigenvalue weighted by molar-refractivity contribution is -0.125. The van der Waals surface area contributed by atoms with Crippen molar-refractivity contribution in [3.05, 3.63) is 29.6 Å². The lowest BCUT2D eigenvalue weighted by Crippen LogP contribution is -2.46. The maximum atomic E-state index is 13.4. The zero-order chi connectivity index (χ0) is 14.5. The molecule has 4 nitrogen and oxygen atoms in total. The van der Waals surface area contributed by atoms with Gasteiger partial charge < -0.3 is 15.2 Å². The van der Waals surface area contributed by atoms with Gasteiger partial charge >= 0.3 is 0 Å². The van der Waals surface area contributed by atoms with Gasteiger partial charge in [0, 0.05) is 0 Å². The van der Waals surface area contributed by atoms with Gasteiger partial charge in [0.05, 0.1) is 12.1 Å².